The van der Waals surface area contributed by atoms with E-state index in [1.54, 1.807) is 41.7 Å². The molecule has 0 aliphatic heterocycles. The van der Waals surface area contributed by atoms with Crippen molar-refractivity contribution in [3.63, 3.8) is 0 Å². The zero-order valence-corrected chi connectivity index (χ0v) is 14.8. The van der Waals surface area contributed by atoms with Crippen LogP contribution in [-0.2, 0) is 4.74 Å². The maximum Gasteiger partial charge on any atom is 0.360 e. The van der Waals surface area contributed by atoms with Gasteiger partial charge in [0.15, 0.2) is 17.3 Å². The summed E-state index contributed by atoms with van der Waals surface area (Å²) in [5, 5.41) is 8.40. The molecule has 3 rings (SSSR count). The molecule has 0 saturated carbocycles. The molecule has 132 valence electrons. The van der Waals surface area contributed by atoms with Gasteiger partial charge < -0.3 is 4.74 Å². The van der Waals surface area contributed by atoms with Gasteiger partial charge in [-0.05, 0) is 56.7 Å². The molecule has 1 aromatic carbocycles. The smallest absolute Gasteiger partial charge is 0.360 e. The molecular weight excluding hydrogens is 332 g/mol. The highest BCUT2D eigenvalue weighted by atomic mass is 16.5. The molecule has 0 unspecified atom stereocenters. The SMILES string of the molecule is CCOC(=O)c1nc2ccc(C)cn2c1N=Nc1ccc(C(C)=O)cc1. The quantitative estimate of drug-likeness (QED) is 0.387. The summed E-state index contributed by atoms with van der Waals surface area (Å²) in [6.45, 7) is 5.41. The first-order valence-corrected chi connectivity index (χ1v) is 8.18. The summed E-state index contributed by atoms with van der Waals surface area (Å²) in [5.41, 5.74) is 2.85. The normalized spacial score (nSPS) is 11.2. The Balaban J connectivity index is 2.04. The predicted octanol–water partition coefficient (Wildman–Crippen LogP) is 4.44. The van der Waals surface area contributed by atoms with Crippen LogP contribution in [0.1, 0.15) is 40.3 Å². The average Bonchev–Trinajstić information content (AvgIpc) is 2.98. The predicted molar refractivity (Wildman–Crippen MR) is 96.5 cm³/mol. The highest BCUT2D eigenvalue weighted by Gasteiger charge is 2.20. The number of azo groups is 1. The second kappa shape index (κ2) is 7.26. The standard InChI is InChI=1S/C19H18N4O3/c1-4-26-19(25)17-18(23-11-12(2)5-10-16(23)20-17)22-21-15-8-6-14(7-9-15)13(3)24/h5-11H,4H2,1-3H3. The van der Waals surface area contributed by atoms with Crippen molar-refractivity contribution < 1.29 is 14.3 Å². The van der Waals surface area contributed by atoms with Crippen molar-refractivity contribution in [2.24, 2.45) is 10.2 Å². The Kier molecular flexibility index (Phi) is 4.88. The lowest BCUT2D eigenvalue weighted by atomic mass is 10.1. The van der Waals surface area contributed by atoms with Crippen molar-refractivity contribution in [2.75, 3.05) is 6.61 Å². The largest absolute Gasteiger partial charge is 0.461 e. The molecule has 0 atom stereocenters. The second-order valence-electron chi connectivity index (χ2n) is 5.74. The van der Waals surface area contributed by atoms with E-state index >= 15 is 0 Å². The summed E-state index contributed by atoms with van der Waals surface area (Å²) in [6, 6.07) is 10.5. The molecule has 26 heavy (non-hydrogen) atoms. The maximum absolute atomic E-state index is 12.2. The summed E-state index contributed by atoms with van der Waals surface area (Å²) in [7, 11) is 0. The number of aromatic nitrogens is 2. The van der Waals surface area contributed by atoms with E-state index in [-0.39, 0.29) is 18.1 Å². The summed E-state index contributed by atoms with van der Waals surface area (Å²) in [4.78, 5) is 27.9. The molecule has 0 amide bonds. The Morgan fingerprint density at radius 2 is 1.85 bits per heavy atom. The van der Waals surface area contributed by atoms with Crippen LogP contribution < -0.4 is 0 Å². The van der Waals surface area contributed by atoms with E-state index in [1.807, 2.05) is 19.2 Å². The van der Waals surface area contributed by atoms with Gasteiger partial charge in [0.05, 0.1) is 12.3 Å². The van der Waals surface area contributed by atoms with Gasteiger partial charge in [-0.2, -0.15) is 0 Å². The lowest BCUT2D eigenvalue weighted by Gasteiger charge is -2.01. The Morgan fingerprint density at radius 3 is 2.50 bits per heavy atom. The fourth-order valence-electron chi connectivity index (χ4n) is 2.44. The van der Waals surface area contributed by atoms with E-state index in [0.29, 0.717) is 22.7 Å². The van der Waals surface area contributed by atoms with Gasteiger partial charge in [0.25, 0.3) is 0 Å². The fourth-order valence-corrected chi connectivity index (χ4v) is 2.44. The number of imidazole rings is 1. The van der Waals surface area contributed by atoms with Gasteiger partial charge in [-0.1, -0.05) is 6.07 Å². The average molecular weight is 350 g/mol. The minimum Gasteiger partial charge on any atom is -0.461 e. The zero-order valence-electron chi connectivity index (χ0n) is 14.8. The Hall–Kier alpha value is -3.35. The molecule has 0 fully saturated rings. The van der Waals surface area contributed by atoms with Crippen molar-refractivity contribution in [1.82, 2.24) is 9.38 Å². The van der Waals surface area contributed by atoms with Crippen LogP contribution in [0.15, 0.2) is 52.8 Å². The minimum atomic E-state index is -0.547. The van der Waals surface area contributed by atoms with Crippen molar-refractivity contribution >= 4 is 28.9 Å². The molecule has 3 aromatic rings. The van der Waals surface area contributed by atoms with Crippen molar-refractivity contribution in [2.45, 2.75) is 20.8 Å². The Labute approximate surface area is 150 Å². The molecule has 0 aliphatic carbocycles. The van der Waals surface area contributed by atoms with Crippen molar-refractivity contribution in [3.05, 3.63) is 59.4 Å². The number of aryl methyl sites for hydroxylation is 1. The van der Waals surface area contributed by atoms with E-state index in [1.165, 1.54) is 6.92 Å². The molecule has 0 aliphatic rings. The second-order valence-corrected chi connectivity index (χ2v) is 5.74. The van der Waals surface area contributed by atoms with Crippen LogP contribution in [0.25, 0.3) is 5.65 Å². The van der Waals surface area contributed by atoms with Gasteiger partial charge in [-0.25, -0.2) is 9.78 Å². The van der Waals surface area contributed by atoms with E-state index < -0.39 is 5.97 Å². The van der Waals surface area contributed by atoms with Gasteiger partial charge in [0.2, 0.25) is 0 Å². The van der Waals surface area contributed by atoms with Crippen LogP contribution >= 0.6 is 0 Å². The number of carbonyl (C=O) groups is 2. The summed E-state index contributed by atoms with van der Waals surface area (Å²) in [6.07, 6.45) is 1.83. The first-order valence-electron chi connectivity index (χ1n) is 8.18. The number of ether oxygens (including phenoxy) is 1. The van der Waals surface area contributed by atoms with E-state index in [2.05, 4.69) is 15.2 Å². The van der Waals surface area contributed by atoms with Gasteiger partial charge in [-0.3, -0.25) is 9.20 Å². The molecule has 0 N–H and O–H groups in total. The third-order valence-electron chi connectivity index (χ3n) is 3.74. The van der Waals surface area contributed by atoms with Crippen LogP contribution in [0.5, 0.6) is 0 Å². The molecule has 0 saturated heterocycles. The summed E-state index contributed by atoms with van der Waals surface area (Å²) >= 11 is 0. The molecule has 0 bridgehead atoms. The lowest BCUT2D eigenvalue weighted by molar-refractivity contribution is 0.0521. The highest BCUT2D eigenvalue weighted by Crippen LogP contribution is 2.25. The summed E-state index contributed by atoms with van der Waals surface area (Å²) < 4.78 is 6.77. The number of ketones is 1. The Morgan fingerprint density at radius 1 is 1.12 bits per heavy atom. The number of benzene rings is 1. The van der Waals surface area contributed by atoms with Crippen LogP contribution in [0.4, 0.5) is 11.5 Å². The maximum atomic E-state index is 12.2. The minimum absolute atomic E-state index is 0.0182. The van der Waals surface area contributed by atoms with Crippen LogP contribution in [-0.4, -0.2) is 27.7 Å². The van der Waals surface area contributed by atoms with Crippen LogP contribution in [0.2, 0.25) is 0 Å². The number of rotatable bonds is 5. The monoisotopic (exact) mass is 350 g/mol. The molecule has 7 nitrogen and oxygen atoms in total. The number of carbonyl (C=O) groups excluding carboxylic acids is 2. The third-order valence-corrected chi connectivity index (χ3v) is 3.74. The molecule has 2 aromatic heterocycles. The van der Waals surface area contributed by atoms with E-state index in [9.17, 15) is 9.59 Å². The molecular formula is C19H18N4O3. The number of pyridine rings is 1. The Bertz CT molecular complexity index is 1000. The van der Waals surface area contributed by atoms with Crippen LogP contribution in [0, 0.1) is 6.92 Å². The van der Waals surface area contributed by atoms with E-state index in [0.717, 1.165) is 5.56 Å². The first kappa shape index (κ1) is 17.5. The summed E-state index contributed by atoms with van der Waals surface area (Å²) in [5.74, 6) is -0.261. The molecule has 2 heterocycles. The molecule has 0 radical (unpaired) electrons. The van der Waals surface area contributed by atoms with E-state index in [4.69, 9.17) is 4.74 Å². The van der Waals surface area contributed by atoms with Gasteiger partial charge >= 0.3 is 5.97 Å². The highest BCUT2D eigenvalue weighted by molar-refractivity contribution is 5.94. The lowest BCUT2D eigenvalue weighted by Crippen LogP contribution is -2.05. The number of fused-ring (bicyclic) bond motifs is 1. The van der Waals surface area contributed by atoms with Gasteiger partial charge in [-0.15, -0.1) is 10.2 Å². The third kappa shape index (κ3) is 3.51. The van der Waals surface area contributed by atoms with Crippen LogP contribution in [0.3, 0.4) is 0 Å². The molecule has 7 heteroatoms. The van der Waals surface area contributed by atoms with Crippen molar-refractivity contribution in [3.8, 4) is 0 Å². The van der Waals surface area contributed by atoms with Crippen molar-refractivity contribution in [1.29, 1.82) is 0 Å². The van der Waals surface area contributed by atoms with Gasteiger partial charge in [0, 0.05) is 11.8 Å². The first-order chi connectivity index (χ1) is 12.5. The zero-order chi connectivity index (χ0) is 18.7. The molecule has 0 spiro atoms. The number of nitrogens with zero attached hydrogens (tertiary/aromatic N) is 4. The fraction of sp³-hybridized carbons (Fsp3) is 0.211. The number of Topliss-reactive ketones (excluding diaryl/α,β-unsaturated/α-hetero) is 1. The van der Waals surface area contributed by atoms with Gasteiger partial charge in [0.1, 0.15) is 5.65 Å². The number of esters is 1. The number of hydrogen-bond donors (Lipinski definition) is 0. The topological polar surface area (TPSA) is 85.4 Å². The number of hydrogen-bond acceptors (Lipinski definition) is 6.